The van der Waals surface area contributed by atoms with E-state index in [0.29, 0.717) is 5.41 Å². The molecule has 86 valence electrons. The summed E-state index contributed by atoms with van der Waals surface area (Å²) in [5.41, 5.74) is 8.42. The van der Waals surface area contributed by atoms with Crippen molar-refractivity contribution in [3.05, 3.63) is 30.5 Å². The normalized spacial score (nSPS) is 12.2. The van der Waals surface area contributed by atoms with E-state index < -0.39 is 0 Å². The van der Waals surface area contributed by atoms with Gasteiger partial charge in [0.05, 0.1) is 5.52 Å². The van der Waals surface area contributed by atoms with Gasteiger partial charge in [0, 0.05) is 23.8 Å². The molecule has 0 aliphatic rings. The first kappa shape index (κ1) is 11.1. The van der Waals surface area contributed by atoms with Crippen LogP contribution in [0.3, 0.4) is 0 Å². The van der Waals surface area contributed by atoms with Gasteiger partial charge in [-0.25, -0.2) is 0 Å². The monoisotopic (exact) mass is 216 g/mol. The second kappa shape index (κ2) is 3.85. The molecule has 1 aromatic carbocycles. The van der Waals surface area contributed by atoms with E-state index in [1.165, 1.54) is 11.9 Å². The van der Waals surface area contributed by atoms with Gasteiger partial charge in [-0.3, -0.25) is 0 Å². The summed E-state index contributed by atoms with van der Waals surface area (Å²) in [6.07, 6.45) is 3.30. The van der Waals surface area contributed by atoms with Gasteiger partial charge in [-0.2, -0.15) is 0 Å². The highest BCUT2D eigenvalue weighted by Crippen LogP contribution is 2.25. The number of hydrogen-bond acceptors (Lipinski definition) is 1. The van der Waals surface area contributed by atoms with Crippen LogP contribution < -0.4 is 5.73 Å². The summed E-state index contributed by atoms with van der Waals surface area (Å²) in [7, 11) is 0. The number of benzene rings is 1. The smallest absolute Gasteiger partial charge is 0.0501 e. The highest BCUT2D eigenvalue weighted by molar-refractivity contribution is 5.91. The zero-order valence-corrected chi connectivity index (χ0v) is 10.3. The molecule has 0 atom stereocenters. The highest BCUT2D eigenvalue weighted by atomic mass is 15.0. The number of aromatic nitrogens is 1. The number of nitrogens with two attached hydrogens (primary N) is 1. The predicted molar refractivity (Wildman–Crippen MR) is 70.4 cm³/mol. The van der Waals surface area contributed by atoms with Gasteiger partial charge in [0.25, 0.3) is 0 Å². The van der Waals surface area contributed by atoms with Crippen molar-refractivity contribution >= 4 is 16.6 Å². The van der Waals surface area contributed by atoms with Crippen molar-refractivity contribution < 1.29 is 0 Å². The molecule has 0 saturated carbocycles. The average Bonchev–Trinajstić information content (AvgIpc) is 2.58. The number of anilines is 1. The largest absolute Gasteiger partial charge is 0.398 e. The lowest BCUT2D eigenvalue weighted by atomic mass is 9.92. The minimum atomic E-state index is 0.372. The molecule has 0 amide bonds. The quantitative estimate of drug-likeness (QED) is 0.763. The molecule has 0 unspecified atom stereocenters. The molecular weight excluding hydrogens is 196 g/mol. The van der Waals surface area contributed by atoms with Gasteiger partial charge in [-0.15, -0.1) is 0 Å². The van der Waals surface area contributed by atoms with E-state index in [2.05, 4.69) is 43.7 Å². The topological polar surface area (TPSA) is 30.9 Å². The summed E-state index contributed by atoms with van der Waals surface area (Å²) < 4.78 is 2.29. The van der Waals surface area contributed by atoms with Gasteiger partial charge in [0.1, 0.15) is 0 Å². The molecule has 1 aromatic heterocycles. The van der Waals surface area contributed by atoms with Gasteiger partial charge in [-0.1, -0.05) is 26.8 Å². The van der Waals surface area contributed by atoms with Crippen LogP contribution >= 0.6 is 0 Å². The Morgan fingerprint density at radius 3 is 2.62 bits per heavy atom. The maximum atomic E-state index is 5.94. The Bertz CT molecular complexity index is 489. The lowest BCUT2D eigenvalue weighted by Crippen LogP contribution is -2.09. The fraction of sp³-hybridized carbons (Fsp3) is 0.429. The molecule has 2 nitrogen and oxygen atoms in total. The molecular formula is C14H20N2. The molecule has 2 N–H and O–H groups in total. The summed E-state index contributed by atoms with van der Waals surface area (Å²) >= 11 is 0. The number of nitrogens with zero attached hydrogens (tertiary/aromatic N) is 1. The summed E-state index contributed by atoms with van der Waals surface area (Å²) in [4.78, 5) is 0. The van der Waals surface area contributed by atoms with Gasteiger partial charge < -0.3 is 10.3 Å². The molecule has 0 spiro atoms. The summed E-state index contributed by atoms with van der Waals surface area (Å²) in [5.74, 6) is 0. The number of nitrogen functional groups attached to an aromatic ring is 1. The van der Waals surface area contributed by atoms with Gasteiger partial charge in [-0.05, 0) is 30.0 Å². The molecule has 0 aliphatic heterocycles. The molecule has 2 rings (SSSR count). The predicted octanol–water partition coefficient (Wildman–Crippen LogP) is 3.66. The van der Waals surface area contributed by atoms with E-state index in [1.807, 2.05) is 12.1 Å². The molecule has 2 heteroatoms. The van der Waals surface area contributed by atoms with E-state index in [0.717, 1.165) is 17.6 Å². The molecule has 2 aromatic rings. The maximum Gasteiger partial charge on any atom is 0.0501 e. The molecule has 0 radical (unpaired) electrons. The number of rotatable bonds is 2. The number of aryl methyl sites for hydroxylation is 1. The first-order chi connectivity index (χ1) is 7.47. The zero-order chi connectivity index (χ0) is 11.8. The van der Waals surface area contributed by atoms with Crippen LogP contribution in [0.1, 0.15) is 27.2 Å². The molecule has 0 aliphatic carbocycles. The molecule has 1 heterocycles. The maximum absolute atomic E-state index is 5.94. The summed E-state index contributed by atoms with van der Waals surface area (Å²) in [6.45, 7) is 7.86. The van der Waals surface area contributed by atoms with E-state index in [9.17, 15) is 0 Å². The Labute approximate surface area is 97.1 Å². The summed E-state index contributed by atoms with van der Waals surface area (Å²) in [6, 6.07) is 8.21. The van der Waals surface area contributed by atoms with Crippen LogP contribution in [-0.2, 0) is 6.54 Å². The molecule has 16 heavy (non-hydrogen) atoms. The van der Waals surface area contributed by atoms with Crippen molar-refractivity contribution in [1.82, 2.24) is 4.57 Å². The van der Waals surface area contributed by atoms with Gasteiger partial charge in [0.15, 0.2) is 0 Å². The lowest BCUT2D eigenvalue weighted by molar-refractivity contribution is 0.353. The standard InChI is InChI=1S/C14H20N2/c1-14(2,3)8-10-16-9-7-11-12(15)5-4-6-13(11)16/h4-7,9H,8,10,15H2,1-3H3. The third-order valence-corrected chi connectivity index (χ3v) is 2.95. The van der Waals surface area contributed by atoms with Crippen LogP contribution in [0.4, 0.5) is 5.69 Å². The lowest BCUT2D eigenvalue weighted by Gasteiger charge is -2.18. The van der Waals surface area contributed by atoms with Crippen molar-refractivity contribution in [2.75, 3.05) is 5.73 Å². The van der Waals surface area contributed by atoms with Crippen molar-refractivity contribution in [2.24, 2.45) is 5.41 Å². The average molecular weight is 216 g/mol. The third kappa shape index (κ3) is 2.21. The van der Waals surface area contributed by atoms with E-state index in [1.54, 1.807) is 0 Å². The minimum absolute atomic E-state index is 0.372. The van der Waals surface area contributed by atoms with Gasteiger partial charge in [0.2, 0.25) is 0 Å². The van der Waals surface area contributed by atoms with Crippen LogP contribution in [0, 0.1) is 5.41 Å². The van der Waals surface area contributed by atoms with Crippen LogP contribution in [0.2, 0.25) is 0 Å². The second-order valence-corrected chi connectivity index (χ2v) is 5.60. The fourth-order valence-electron chi connectivity index (χ4n) is 1.90. The Morgan fingerprint density at radius 2 is 1.94 bits per heavy atom. The Kier molecular flexibility index (Phi) is 2.66. The van der Waals surface area contributed by atoms with Crippen LogP contribution in [0.15, 0.2) is 30.5 Å². The van der Waals surface area contributed by atoms with E-state index in [4.69, 9.17) is 5.73 Å². The zero-order valence-electron chi connectivity index (χ0n) is 10.3. The molecule has 0 saturated heterocycles. The Hall–Kier alpha value is -1.44. The molecule has 0 fully saturated rings. The van der Waals surface area contributed by atoms with Crippen LogP contribution in [0.25, 0.3) is 10.9 Å². The van der Waals surface area contributed by atoms with Crippen molar-refractivity contribution in [1.29, 1.82) is 0 Å². The SMILES string of the molecule is CC(C)(C)CCn1ccc2c(N)cccc21. The second-order valence-electron chi connectivity index (χ2n) is 5.60. The van der Waals surface area contributed by atoms with Crippen molar-refractivity contribution in [2.45, 2.75) is 33.7 Å². The van der Waals surface area contributed by atoms with E-state index >= 15 is 0 Å². The van der Waals surface area contributed by atoms with E-state index in [-0.39, 0.29) is 0 Å². The van der Waals surface area contributed by atoms with Gasteiger partial charge >= 0.3 is 0 Å². The van der Waals surface area contributed by atoms with Crippen molar-refractivity contribution in [3.8, 4) is 0 Å². The third-order valence-electron chi connectivity index (χ3n) is 2.95. The molecule has 0 bridgehead atoms. The van der Waals surface area contributed by atoms with Crippen molar-refractivity contribution in [3.63, 3.8) is 0 Å². The Morgan fingerprint density at radius 1 is 1.19 bits per heavy atom. The number of hydrogen-bond donors (Lipinski definition) is 1. The minimum Gasteiger partial charge on any atom is -0.398 e. The number of fused-ring (bicyclic) bond motifs is 1. The Balaban J connectivity index is 2.29. The first-order valence-electron chi connectivity index (χ1n) is 5.81. The first-order valence-corrected chi connectivity index (χ1v) is 5.81. The fourth-order valence-corrected chi connectivity index (χ4v) is 1.90. The summed E-state index contributed by atoms with van der Waals surface area (Å²) in [5, 5.41) is 1.16. The van der Waals surface area contributed by atoms with Crippen LogP contribution in [-0.4, -0.2) is 4.57 Å². The van der Waals surface area contributed by atoms with Crippen LogP contribution in [0.5, 0.6) is 0 Å². The highest BCUT2D eigenvalue weighted by Gasteiger charge is 2.11.